The number of anilines is 2. The molecule has 0 amide bonds. The molecule has 1 aromatic heterocycles. The van der Waals surface area contributed by atoms with E-state index in [9.17, 15) is 18.0 Å². The largest absolute Gasteiger partial charge is 0.409 e. The molecule has 10 nitrogen and oxygen atoms in total. The fraction of sp³-hybridized carbons (Fsp3) is 0.214. The van der Waals surface area contributed by atoms with Gasteiger partial charge in [0.15, 0.2) is 5.69 Å². The van der Waals surface area contributed by atoms with Crippen molar-refractivity contribution in [3.63, 3.8) is 0 Å². The minimum atomic E-state index is -3.32. The Morgan fingerprint density at radius 3 is 2.85 bits per heavy atom. The summed E-state index contributed by atoms with van der Waals surface area (Å²) in [7, 11) is -3.32. The van der Waals surface area contributed by atoms with Gasteiger partial charge in [0.1, 0.15) is 5.82 Å². The fourth-order valence-corrected chi connectivity index (χ4v) is 2.33. The zero-order chi connectivity index (χ0) is 19.2. The van der Waals surface area contributed by atoms with E-state index < -0.39 is 15.8 Å². The number of hydrogen-bond acceptors (Lipinski definition) is 8. The molecule has 0 fully saturated rings. The number of amidine groups is 1. The standard InChI is InChI=1S/C14H15FN6O4S/c1-3-9-8-10(4-5-11(9)15)18-14(19-22)12-13(21-25-20-12)16-6-7-17-26(2,23)24/h1,4-5,8,17,22H,6-7H2,2H3,(H,16,21)(H,18,19). The third kappa shape index (κ3) is 5.16. The van der Waals surface area contributed by atoms with Gasteiger partial charge in [0.2, 0.25) is 21.7 Å². The maximum Gasteiger partial charge on any atom is 0.208 e. The Morgan fingerprint density at radius 1 is 1.42 bits per heavy atom. The number of benzene rings is 1. The van der Waals surface area contributed by atoms with E-state index in [0.717, 1.165) is 12.3 Å². The molecule has 0 spiro atoms. The van der Waals surface area contributed by atoms with Crippen LogP contribution in [0.15, 0.2) is 28.0 Å². The van der Waals surface area contributed by atoms with Crippen LogP contribution >= 0.6 is 0 Å². The van der Waals surface area contributed by atoms with Gasteiger partial charge >= 0.3 is 0 Å². The molecule has 1 aromatic carbocycles. The van der Waals surface area contributed by atoms with Crippen LogP contribution in [0.25, 0.3) is 0 Å². The third-order valence-corrected chi connectivity index (χ3v) is 3.71. The smallest absolute Gasteiger partial charge is 0.208 e. The summed E-state index contributed by atoms with van der Waals surface area (Å²) in [5.74, 6) is 1.59. The first-order valence-corrected chi connectivity index (χ1v) is 9.00. The molecule has 1 heterocycles. The van der Waals surface area contributed by atoms with Crippen LogP contribution in [0.1, 0.15) is 11.3 Å². The maximum absolute atomic E-state index is 13.4. The van der Waals surface area contributed by atoms with Crippen LogP contribution in [0, 0.1) is 18.2 Å². The molecule has 0 aliphatic rings. The van der Waals surface area contributed by atoms with Crippen molar-refractivity contribution in [1.82, 2.24) is 15.0 Å². The molecule has 0 aliphatic carbocycles. The number of nitrogens with zero attached hydrogens (tertiary/aromatic N) is 3. The molecule has 0 radical (unpaired) electrons. The topological polar surface area (TPSA) is 142 Å². The van der Waals surface area contributed by atoms with E-state index >= 15 is 0 Å². The van der Waals surface area contributed by atoms with Gasteiger partial charge in [-0.3, -0.25) is 0 Å². The Balaban J connectivity index is 2.09. The van der Waals surface area contributed by atoms with E-state index in [1.54, 1.807) is 0 Å². The highest BCUT2D eigenvalue weighted by Crippen LogP contribution is 2.17. The summed E-state index contributed by atoms with van der Waals surface area (Å²) in [6.07, 6.45) is 6.24. The zero-order valence-corrected chi connectivity index (χ0v) is 14.3. The Kier molecular flexibility index (Phi) is 6.10. The van der Waals surface area contributed by atoms with Crippen molar-refractivity contribution in [2.75, 3.05) is 30.0 Å². The highest BCUT2D eigenvalue weighted by Gasteiger charge is 2.18. The van der Waals surface area contributed by atoms with Crippen LogP contribution in [-0.4, -0.2) is 49.1 Å². The highest BCUT2D eigenvalue weighted by atomic mass is 32.2. The van der Waals surface area contributed by atoms with Gasteiger partial charge in [-0.05, 0) is 28.5 Å². The van der Waals surface area contributed by atoms with Gasteiger partial charge in [-0.1, -0.05) is 11.1 Å². The second kappa shape index (κ2) is 8.28. The first kappa shape index (κ1) is 19.2. The molecule has 0 saturated carbocycles. The lowest BCUT2D eigenvalue weighted by Crippen LogP contribution is -2.28. The van der Waals surface area contributed by atoms with E-state index in [2.05, 4.69) is 41.4 Å². The SMILES string of the molecule is C#Cc1cc(N/C(=N\O)c2nonc2NCCNS(C)(=O)=O)ccc1F. The van der Waals surface area contributed by atoms with Crippen molar-refractivity contribution in [1.29, 1.82) is 0 Å². The van der Waals surface area contributed by atoms with Gasteiger partial charge in [-0.25, -0.2) is 22.2 Å². The molecule has 0 saturated heterocycles. The maximum atomic E-state index is 13.4. The highest BCUT2D eigenvalue weighted by molar-refractivity contribution is 7.88. The van der Waals surface area contributed by atoms with Crippen LogP contribution in [0.2, 0.25) is 0 Å². The van der Waals surface area contributed by atoms with Gasteiger partial charge in [0.25, 0.3) is 0 Å². The summed E-state index contributed by atoms with van der Waals surface area (Å²) in [6, 6.07) is 3.89. The van der Waals surface area contributed by atoms with Crippen molar-refractivity contribution in [2.24, 2.45) is 5.16 Å². The number of aromatic nitrogens is 2. The summed E-state index contributed by atoms with van der Waals surface area (Å²) in [4.78, 5) is 0. The van der Waals surface area contributed by atoms with Crippen LogP contribution in [-0.2, 0) is 10.0 Å². The summed E-state index contributed by atoms with van der Waals surface area (Å²) in [5.41, 5.74) is 0.397. The second-order valence-corrected chi connectivity index (χ2v) is 6.80. The van der Waals surface area contributed by atoms with Gasteiger partial charge in [-0.15, -0.1) is 6.42 Å². The van der Waals surface area contributed by atoms with Gasteiger partial charge < -0.3 is 15.8 Å². The van der Waals surface area contributed by atoms with Crippen LogP contribution in [0.3, 0.4) is 0 Å². The number of terminal acetylenes is 1. The van der Waals surface area contributed by atoms with Crippen molar-refractivity contribution in [3.05, 3.63) is 35.3 Å². The Hall–Kier alpha value is -3.17. The first-order valence-electron chi connectivity index (χ1n) is 7.10. The van der Waals surface area contributed by atoms with Gasteiger partial charge in [0, 0.05) is 18.8 Å². The van der Waals surface area contributed by atoms with Gasteiger partial charge in [0.05, 0.1) is 11.8 Å². The molecule has 138 valence electrons. The van der Waals surface area contributed by atoms with E-state index in [0.29, 0.717) is 5.69 Å². The molecule has 0 atom stereocenters. The van der Waals surface area contributed by atoms with E-state index in [1.165, 1.54) is 12.1 Å². The predicted octanol–water partition coefficient (Wildman–Crippen LogP) is 0.399. The Labute approximate surface area is 148 Å². The fourth-order valence-electron chi connectivity index (χ4n) is 1.86. The lowest BCUT2D eigenvalue weighted by Gasteiger charge is -2.08. The summed E-state index contributed by atoms with van der Waals surface area (Å²) in [6.45, 7) is 0.262. The lowest BCUT2D eigenvalue weighted by atomic mass is 10.2. The minimum Gasteiger partial charge on any atom is -0.409 e. The van der Waals surface area contributed by atoms with E-state index in [1.807, 2.05) is 0 Å². The molecule has 26 heavy (non-hydrogen) atoms. The molecular weight excluding hydrogens is 367 g/mol. The molecular formula is C14H15FN6O4S. The molecule has 2 aromatic rings. The average molecular weight is 382 g/mol. The van der Waals surface area contributed by atoms with Gasteiger partial charge in [-0.2, -0.15) is 0 Å². The first-order chi connectivity index (χ1) is 12.3. The summed E-state index contributed by atoms with van der Waals surface area (Å²) in [5, 5.41) is 25.0. The third-order valence-electron chi connectivity index (χ3n) is 2.98. The van der Waals surface area contributed by atoms with E-state index in [-0.39, 0.29) is 36.0 Å². The molecule has 0 bridgehead atoms. The minimum absolute atomic E-state index is 0.0239. The number of halogens is 1. The molecule has 4 N–H and O–H groups in total. The number of hydrogen-bond donors (Lipinski definition) is 4. The second-order valence-electron chi connectivity index (χ2n) is 4.97. The number of sulfonamides is 1. The quantitative estimate of drug-likeness (QED) is 0.135. The Bertz CT molecular complexity index is 951. The number of nitrogens with one attached hydrogen (secondary N) is 3. The number of oxime groups is 1. The van der Waals surface area contributed by atoms with Crippen LogP contribution in [0.5, 0.6) is 0 Å². The molecule has 0 aliphatic heterocycles. The monoisotopic (exact) mass is 382 g/mol. The lowest BCUT2D eigenvalue weighted by molar-refractivity contribution is 0.305. The van der Waals surface area contributed by atoms with E-state index in [4.69, 9.17) is 6.42 Å². The normalized spacial score (nSPS) is 11.8. The predicted molar refractivity (Wildman–Crippen MR) is 91.9 cm³/mol. The summed E-state index contributed by atoms with van der Waals surface area (Å²) < 4.78 is 42.3. The molecule has 0 unspecified atom stereocenters. The van der Waals surface area contributed by atoms with Crippen LogP contribution in [0.4, 0.5) is 15.9 Å². The van der Waals surface area contributed by atoms with Crippen molar-refractivity contribution < 1.29 is 22.6 Å². The van der Waals surface area contributed by atoms with Crippen molar-refractivity contribution >= 4 is 27.4 Å². The van der Waals surface area contributed by atoms with Crippen molar-refractivity contribution in [2.45, 2.75) is 0 Å². The van der Waals surface area contributed by atoms with Crippen molar-refractivity contribution in [3.8, 4) is 12.3 Å². The Morgan fingerprint density at radius 2 is 2.19 bits per heavy atom. The zero-order valence-electron chi connectivity index (χ0n) is 13.5. The summed E-state index contributed by atoms with van der Waals surface area (Å²) >= 11 is 0. The van der Waals surface area contributed by atoms with Crippen LogP contribution < -0.4 is 15.4 Å². The molecule has 2 rings (SSSR count). The molecule has 12 heteroatoms. The average Bonchev–Trinajstić information content (AvgIpc) is 3.05. The number of rotatable bonds is 7.